The van der Waals surface area contributed by atoms with Gasteiger partial charge in [0.15, 0.2) is 5.69 Å². The van der Waals surface area contributed by atoms with Crippen molar-refractivity contribution >= 4 is 23.2 Å². The standard InChI is InChI=1S/C20H13F7N4O2/c21-14-4-2-1-3-12(14)18(33)28-11-5-6-15(13(9-11)19(22,23)24)29-17(32)10-31-8-7-16(30-31)20(25,26)27/h1-9H,10H2,(H,28,33)(H,29,32). The van der Waals surface area contributed by atoms with E-state index in [-0.39, 0.29) is 11.3 Å². The van der Waals surface area contributed by atoms with Crippen molar-refractivity contribution in [1.82, 2.24) is 9.78 Å². The van der Waals surface area contributed by atoms with Gasteiger partial charge in [0.25, 0.3) is 5.91 Å². The molecule has 0 aliphatic heterocycles. The molecule has 0 saturated carbocycles. The van der Waals surface area contributed by atoms with Crippen molar-refractivity contribution in [2.24, 2.45) is 0 Å². The van der Waals surface area contributed by atoms with Crippen molar-refractivity contribution in [2.45, 2.75) is 18.9 Å². The second-order valence-corrected chi connectivity index (χ2v) is 6.64. The third kappa shape index (κ3) is 5.87. The van der Waals surface area contributed by atoms with E-state index in [1.807, 2.05) is 5.32 Å². The second-order valence-electron chi connectivity index (χ2n) is 6.64. The minimum absolute atomic E-state index is 0.324. The van der Waals surface area contributed by atoms with Crippen LogP contribution in [0, 0.1) is 5.82 Å². The fraction of sp³-hybridized carbons (Fsp3) is 0.150. The van der Waals surface area contributed by atoms with E-state index >= 15 is 0 Å². The number of anilines is 2. The molecule has 33 heavy (non-hydrogen) atoms. The number of nitrogens with zero attached hydrogens (tertiary/aromatic N) is 2. The highest BCUT2D eigenvalue weighted by atomic mass is 19.4. The summed E-state index contributed by atoms with van der Waals surface area (Å²) in [6.45, 7) is -0.779. The molecular formula is C20H13F7N4O2. The van der Waals surface area contributed by atoms with Crippen molar-refractivity contribution in [3.8, 4) is 0 Å². The summed E-state index contributed by atoms with van der Waals surface area (Å²) in [6.07, 6.45) is -8.85. The maximum Gasteiger partial charge on any atom is 0.435 e. The van der Waals surface area contributed by atoms with E-state index < -0.39 is 53.5 Å². The summed E-state index contributed by atoms with van der Waals surface area (Å²) >= 11 is 0. The van der Waals surface area contributed by atoms with E-state index in [0.717, 1.165) is 30.5 Å². The van der Waals surface area contributed by atoms with E-state index in [2.05, 4.69) is 10.4 Å². The number of halogens is 7. The molecule has 0 unspecified atom stereocenters. The largest absolute Gasteiger partial charge is 0.435 e. The average Bonchev–Trinajstić information content (AvgIpc) is 3.17. The van der Waals surface area contributed by atoms with E-state index in [4.69, 9.17) is 0 Å². The molecule has 2 N–H and O–H groups in total. The number of hydrogen-bond acceptors (Lipinski definition) is 3. The van der Waals surface area contributed by atoms with Gasteiger partial charge in [-0.3, -0.25) is 14.3 Å². The molecular weight excluding hydrogens is 461 g/mol. The van der Waals surface area contributed by atoms with Crippen LogP contribution < -0.4 is 10.6 Å². The van der Waals surface area contributed by atoms with Gasteiger partial charge in [-0.15, -0.1) is 0 Å². The molecule has 6 nitrogen and oxygen atoms in total. The molecule has 174 valence electrons. The molecule has 1 aromatic heterocycles. The third-order valence-corrected chi connectivity index (χ3v) is 4.21. The molecule has 0 radical (unpaired) electrons. The van der Waals surface area contributed by atoms with Crippen LogP contribution in [0.2, 0.25) is 0 Å². The lowest BCUT2D eigenvalue weighted by molar-refractivity contribution is -0.141. The zero-order chi connectivity index (χ0) is 24.4. The summed E-state index contributed by atoms with van der Waals surface area (Å²) in [7, 11) is 0. The van der Waals surface area contributed by atoms with Crippen LogP contribution in [-0.2, 0) is 23.7 Å². The summed E-state index contributed by atoms with van der Waals surface area (Å²) in [5.74, 6) is -2.93. The minimum atomic E-state index is -4.96. The maximum absolute atomic E-state index is 13.7. The van der Waals surface area contributed by atoms with Crippen LogP contribution >= 0.6 is 0 Å². The summed E-state index contributed by atoms with van der Waals surface area (Å²) < 4.78 is 92.5. The predicted molar refractivity (Wildman–Crippen MR) is 102 cm³/mol. The summed E-state index contributed by atoms with van der Waals surface area (Å²) in [4.78, 5) is 24.2. The molecule has 2 aromatic carbocycles. The molecule has 0 spiro atoms. The molecule has 3 aromatic rings. The lowest BCUT2D eigenvalue weighted by atomic mass is 10.1. The van der Waals surface area contributed by atoms with Crippen LogP contribution in [0.3, 0.4) is 0 Å². The van der Waals surface area contributed by atoms with Crippen molar-refractivity contribution < 1.29 is 40.3 Å². The number of rotatable bonds is 5. The number of carbonyl (C=O) groups is 2. The first-order valence-corrected chi connectivity index (χ1v) is 9.02. The molecule has 0 aliphatic carbocycles. The third-order valence-electron chi connectivity index (χ3n) is 4.21. The molecule has 0 aliphatic rings. The Morgan fingerprint density at radius 1 is 0.909 bits per heavy atom. The number of nitrogens with one attached hydrogen (secondary N) is 2. The SMILES string of the molecule is O=C(Cn1ccc(C(F)(F)F)n1)Nc1ccc(NC(=O)c2ccccc2F)cc1C(F)(F)F. The van der Waals surface area contributed by atoms with Gasteiger partial charge in [0, 0.05) is 11.9 Å². The number of alkyl halides is 6. The topological polar surface area (TPSA) is 76.0 Å². The van der Waals surface area contributed by atoms with E-state index in [1.54, 1.807) is 0 Å². The quantitative estimate of drug-likeness (QED) is 0.514. The van der Waals surface area contributed by atoms with Gasteiger partial charge >= 0.3 is 12.4 Å². The van der Waals surface area contributed by atoms with Gasteiger partial charge in [-0.25, -0.2) is 4.39 Å². The number of hydrogen-bond donors (Lipinski definition) is 2. The number of carbonyl (C=O) groups excluding carboxylic acids is 2. The average molecular weight is 474 g/mol. The lowest BCUT2D eigenvalue weighted by Crippen LogP contribution is -2.22. The first kappa shape index (κ1) is 23.8. The molecule has 1 heterocycles. The molecule has 0 bridgehead atoms. The molecule has 0 saturated heterocycles. The molecule has 2 amide bonds. The van der Waals surface area contributed by atoms with Crippen LogP contribution in [0.5, 0.6) is 0 Å². The van der Waals surface area contributed by atoms with E-state index in [0.29, 0.717) is 16.8 Å². The van der Waals surface area contributed by atoms with Gasteiger partial charge in [-0.05, 0) is 36.4 Å². The molecule has 0 fully saturated rings. The Morgan fingerprint density at radius 3 is 2.21 bits per heavy atom. The van der Waals surface area contributed by atoms with Crippen LogP contribution in [0.1, 0.15) is 21.6 Å². The van der Waals surface area contributed by atoms with Gasteiger partial charge in [0.2, 0.25) is 5.91 Å². The highest BCUT2D eigenvalue weighted by Gasteiger charge is 2.35. The highest BCUT2D eigenvalue weighted by Crippen LogP contribution is 2.37. The molecule has 0 atom stereocenters. The number of aromatic nitrogens is 2. The van der Waals surface area contributed by atoms with Crippen LogP contribution in [-0.4, -0.2) is 21.6 Å². The van der Waals surface area contributed by atoms with Crippen molar-refractivity contribution in [3.05, 3.63) is 77.4 Å². The highest BCUT2D eigenvalue weighted by molar-refractivity contribution is 6.04. The summed E-state index contributed by atoms with van der Waals surface area (Å²) in [5.41, 5.74) is -4.00. The Balaban J connectivity index is 1.78. The van der Waals surface area contributed by atoms with Gasteiger partial charge < -0.3 is 10.6 Å². The Bertz CT molecular complexity index is 1190. The lowest BCUT2D eigenvalue weighted by Gasteiger charge is -2.16. The number of benzene rings is 2. The Labute approximate surface area is 181 Å². The predicted octanol–water partition coefficient (Wildman–Crippen LogP) is 4.95. The number of amides is 2. The normalized spacial score (nSPS) is 11.8. The molecule has 3 rings (SSSR count). The summed E-state index contributed by atoms with van der Waals surface area (Å²) in [5, 5.41) is 7.25. The smallest absolute Gasteiger partial charge is 0.324 e. The maximum atomic E-state index is 13.7. The summed E-state index contributed by atoms with van der Waals surface area (Å²) in [6, 6.07) is 7.88. The zero-order valence-corrected chi connectivity index (χ0v) is 16.3. The van der Waals surface area contributed by atoms with Crippen LogP contribution in [0.25, 0.3) is 0 Å². The monoisotopic (exact) mass is 474 g/mol. The Morgan fingerprint density at radius 2 is 1.61 bits per heavy atom. The van der Waals surface area contributed by atoms with Crippen LogP contribution in [0.15, 0.2) is 54.7 Å². The van der Waals surface area contributed by atoms with Gasteiger partial charge in [0.1, 0.15) is 12.4 Å². The van der Waals surface area contributed by atoms with Crippen LogP contribution in [0.4, 0.5) is 42.1 Å². The Kier molecular flexibility index (Phi) is 6.42. The Hall–Kier alpha value is -3.90. The van der Waals surface area contributed by atoms with E-state index in [9.17, 15) is 40.3 Å². The second kappa shape index (κ2) is 8.92. The van der Waals surface area contributed by atoms with Gasteiger partial charge in [-0.2, -0.15) is 31.4 Å². The van der Waals surface area contributed by atoms with Crippen molar-refractivity contribution in [2.75, 3.05) is 10.6 Å². The van der Waals surface area contributed by atoms with Crippen molar-refractivity contribution in [1.29, 1.82) is 0 Å². The first-order chi connectivity index (χ1) is 15.3. The minimum Gasteiger partial charge on any atom is -0.324 e. The fourth-order valence-corrected chi connectivity index (χ4v) is 2.75. The fourth-order valence-electron chi connectivity index (χ4n) is 2.75. The van der Waals surface area contributed by atoms with Gasteiger partial charge in [0.05, 0.1) is 16.8 Å². The van der Waals surface area contributed by atoms with E-state index in [1.165, 1.54) is 12.1 Å². The van der Waals surface area contributed by atoms with Gasteiger partial charge in [-0.1, -0.05) is 12.1 Å². The first-order valence-electron chi connectivity index (χ1n) is 9.02. The molecule has 13 heteroatoms. The van der Waals surface area contributed by atoms with Crippen molar-refractivity contribution in [3.63, 3.8) is 0 Å². The zero-order valence-electron chi connectivity index (χ0n) is 16.3.